The van der Waals surface area contributed by atoms with Crippen LogP contribution in [0.2, 0.25) is 0 Å². The van der Waals surface area contributed by atoms with Crippen molar-refractivity contribution in [2.45, 2.75) is 9.50 Å². The van der Waals surface area contributed by atoms with E-state index < -0.39 is 0 Å². The molecule has 90 valence electrons. The number of nitrogens with two attached hydrogens (primary N) is 1. The van der Waals surface area contributed by atoms with E-state index in [0.29, 0.717) is 15.6 Å². The Morgan fingerprint density at radius 1 is 1.35 bits per heavy atom. The standard InChI is InChI=1S/C8H9BrN6S2/c1-15(2)7-13-14-8(17-7)16-6-11-4(9)3-5(10)12-6/h3H,1-2H3,(H2,10,11,12). The Balaban J connectivity index is 2.19. The summed E-state index contributed by atoms with van der Waals surface area (Å²) in [5.74, 6) is 0.423. The van der Waals surface area contributed by atoms with Crippen LogP contribution in [0.15, 0.2) is 20.2 Å². The second-order valence-electron chi connectivity index (χ2n) is 3.25. The highest BCUT2D eigenvalue weighted by atomic mass is 79.9. The molecule has 2 rings (SSSR count). The van der Waals surface area contributed by atoms with Crippen LogP contribution in [0.3, 0.4) is 0 Å². The Morgan fingerprint density at radius 2 is 2.12 bits per heavy atom. The molecular weight excluding hydrogens is 324 g/mol. The maximum absolute atomic E-state index is 5.63. The second kappa shape index (κ2) is 5.15. The average Bonchev–Trinajstić information content (AvgIpc) is 2.64. The summed E-state index contributed by atoms with van der Waals surface area (Å²) >= 11 is 6.09. The first-order valence-electron chi connectivity index (χ1n) is 4.53. The molecule has 0 aliphatic heterocycles. The van der Waals surface area contributed by atoms with Gasteiger partial charge in [0.2, 0.25) is 5.13 Å². The lowest BCUT2D eigenvalue weighted by Crippen LogP contribution is -2.07. The van der Waals surface area contributed by atoms with Gasteiger partial charge in [0, 0.05) is 20.2 Å². The van der Waals surface area contributed by atoms with Gasteiger partial charge in [-0.15, -0.1) is 10.2 Å². The zero-order valence-electron chi connectivity index (χ0n) is 9.09. The topological polar surface area (TPSA) is 80.8 Å². The highest BCUT2D eigenvalue weighted by Crippen LogP contribution is 2.31. The van der Waals surface area contributed by atoms with Crippen molar-refractivity contribution in [3.8, 4) is 0 Å². The zero-order chi connectivity index (χ0) is 12.4. The van der Waals surface area contributed by atoms with Gasteiger partial charge >= 0.3 is 0 Å². The molecule has 0 fully saturated rings. The molecule has 9 heteroatoms. The van der Waals surface area contributed by atoms with Gasteiger partial charge in [0.05, 0.1) is 0 Å². The van der Waals surface area contributed by atoms with Crippen LogP contribution < -0.4 is 10.6 Å². The fourth-order valence-corrected chi connectivity index (χ4v) is 3.13. The first-order valence-corrected chi connectivity index (χ1v) is 6.96. The van der Waals surface area contributed by atoms with Gasteiger partial charge in [-0.3, -0.25) is 0 Å². The summed E-state index contributed by atoms with van der Waals surface area (Å²) in [5, 5.41) is 9.47. The predicted molar refractivity (Wildman–Crippen MR) is 72.5 cm³/mol. The van der Waals surface area contributed by atoms with E-state index in [0.717, 1.165) is 9.47 Å². The van der Waals surface area contributed by atoms with Crippen LogP contribution in [-0.2, 0) is 0 Å². The van der Waals surface area contributed by atoms with E-state index >= 15 is 0 Å². The summed E-state index contributed by atoms with van der Waals surface area (Å²) in [6, 6.07) is 1.65. The maximum Gasteiger partial charge on any atom is 0.208 e. The van der Waals surface area contributed by atoms with Gasteiger partial charge in [-0.1, -0.05) is 11.3 Å². The summed E-state index contributed by atoms with van der Waals surface area (Å²) in [6.07, 6.45) is 0. The van der Waals surface area contributed by atoms with Gasteiger partial charge in [0.25, 0.3) is 0 Å². The molecule has 0 aliphatic carbocycles. The van der Waals surface area contributed by atoms with Crippen LogP contribution in [0, 0.1) is 0 Å². The molecule has 0 aliphatic rings. The largest absolute Gasteiger partial charge is 0.384 e. The minimum Gasteiger partial charge on any atom is -0.384 e. The molecule has 2 heterocycles. The third-order valence-electron chi connectivity index (χ3n) is 1.65. The number of anilines is 2. The van der Waals surface area contributed by atoms with E-state index in [9.17, 15) is 0 Å². The van der Waals surface area contributed by atoms with E-state index in [1.165, 1.54) is 23.1 Å². The van der Waals surface area contributed by atoms with Gasteiger partial charge in [0.1, 0.15) is 10.4 Å². The number of aromatic nitrogens is 4. The van der Waals surface area contributed by atoms with Crippen molar-refractivity contribution in [2.24, 2.45) is 0 Å². The highest BCUT2D eigenvalue weighted by molar-refractivity contribution is 9.10. The van der Waals surface area contributed by atoms with Crippen molar-refractivity contribution in [3.05, 3.63) is 10.7 Å². The minimum atomic E-state index is 0.423. The number of nitrogens with zero attached hydrogens (tertiary/aromatic N) is 5. The second-order valence-corrected chi connectivity index (χ2v) is 6.23. The first kappa shape index (κ1) is 12.5. The molecule has 0 radical (unpaired) electrons. The number of rotatable bonds is 3. The van der Waals surface area contributed by atoms with Gasteiger partial charge < -0.3 is 10.6 Å². The van der Waals surface area contributed by atoms with Crippen molar-refractivity contribution in [2.75, 3.05) is 24.7 Å². The molecule has 6 nitrogen and oxygen atoms in total. The van der Waals surface area contributed by atoms with E-state index in [1.54, 1.807) is 6.07 Å². The molecule has 17 heavy (non-hydrogen) atoms. The third kappa shape index (κ3) is 3.27. The quantitative estimate of drug-likeness (QED) is 0.678. The molecule has 0 saturated heterocycles. The molecule has 0 aromatic carbocycles. The van der Waals surface area contributed by atoms with Crippen LogP contribution >= 0.6 is 39.0 Å². The lowest BCUT2D eigenvalue weighted by Gasteiger charge is -2.03. The molecular formula is C8H9BrN6S2. The Morgan fingerprint density at radius 3 is 2.71 bits per heavy atom. The molecule has 0 bridgehead atoms. The molecule has 0 spiro atoms. The van der Waals surface area contributed by atoms with Gasteiger partial charge in [-0.25, -0.2) is 9.97 Å². The Hall–Kier alpha value is -0.930. The zero-order valence-corrected chi connectivity index (χ0v) is 12.3. The summed E-state index contributed by atoms with van der Waals surface area (Å²) in [4.78, 5) is 10.2. The summed E-state index contributed by atoms with van der Waals surface area (Å²) in [7, 11) is 3.84. The van der Waals surface area contributed by atoms with Gasteiger partial charge in [0.15, 0.2) is 9.50 Å². The van der Waals surface area contributed by atoms with Crippen molar-refractivity contribution < 1.29 is 0 Å². The SMILES string of the molecule is CN(C)c1nnc(Sc2nc(N)cc(Br)n2)s1. The van der Waals surface area contributed by atoms with Gasteiger partial charge in [-0.05, 0) is 27.7 Å². The van der Waals surface area contributed by atoms with Crippen molar-refractivity contribution in [1.29, 1.82) is 0 Å². The lowest BCUT2D eigenvalue weighted by molar-refractivity contribution is 0.941. The average molecular weight is 333 g/mol. The van der Waals surface area contributed by atoms with E-state index in [1.807, 2.05) is 19.0 Å². The van der Waals surface area contributed by atoms with Crippen LogP contribution in [0.4, 0.5) is 10.9 Å². The molecule has 0 amide bonds. The molecule has 0 saturated carbocycles. The van der Waals surface area contributed by atoms with Crippen molar-refractivity contribution in [3.63, 3.8) is 0 Å². The lowest BCUT2D eigenvalue weighted by atomic mass is 10.6. The van der Waals surface area contributed by atoms with Crippen LogP contribution in [0.5, 0.6) is 0 Å². The fourth-order valence-electron chi connectivity index (χ4n) is 0.962. The highest BCUT2D eigenvalue weighted by Gasteiger charge is 2.10. The number of halogens is 1. The van der Waals surface area contributed by atoms with Crippen LogP contribution in [0.25, 0.3) is 0 Å². The van der Waals surface area contributed by atoms with Crippen LogP contribution in [0.1, 0.15) is 0 Å². The number of hydrogen-bond acceptors (Lipinski definition) is 8. The van der Waals surface area contributed by atoms with Crippen molar-refractivity contribution in [1.82, 2.24) is 20.2 Å². The summed E-state index contributed by atoms with van der Waals surface area (Å²) < 4.78 is 1.44. The minimum absolute atomic E-state index is 0.423. The van der Waals surface area contributed by atoms with E-state index in [-0.39, 0.29) is 0 Å². The maximum atomic E-state index is 5.63. The molecule has 0 unspecified atom stereocenters. The van der Waals surface area contributed by atoms with Crippen LogP contribution in [-0.4, -0.2) is 34.3 Å². The fraction of sp³-hybridized carbons (Fsp3) is 0.250. The van der Waals surface area contributed by atoms with Crippen molar-refractivity contribution >= 4 is 50.0 Å². The predicted octanol–water partition coefficient (Wildman–Crippen LogP) is 1.89. The first-order chi connectivity index (χ1) is 8.04. The normalized spacial score (nSPS) is 10.5. The van der Waals surface area contributed by atoms with E-state index in [2.05, 4.69) is 36.1 Å². The molecule has 2 N–H and O–H groups in total. The molecule has 0 atom stereocenters. The monoisotopic (exact) mass is 332 g/mol. The summed E-state index contributed by atoms with van der Waals surface area (Å²) in [6.45, 7) is 0. The van der Waals surface area contributed by atoms with E-state index in [4.69, 9.17) is 5.73 Å². The Kier molecular flexibility index (Phi) is 3.79. The number of nitrogen functional groups attached to an aromatic ring is 1. The number of hydrogen-bond donors (Lipinski definition) is 1. The Bertz CT molecular complexity index is 508. The third-order valence-corrected chi connectivity index (χ3v) is 4.06. The summed E-state index contributed by atoms with van der Waals surface area (Å²) in [5.41, 5.74) is 5.63. The molecule has 2 aromatic rings. The molecule has 2 aromatic heterocycles. The Labute approximate surface area is 115 Å². The smallest absolute Gasteiger partial charge is 0.208 e. The van der Waals surface area contributed by atoms with Gasteiger partial charge in [-0.2, -0.15) is 0 Å².